The Hall–Kier alpha value is -2.41. The van der Waals surface area contributed by atoms with Crippen molar-refractivity contribution in [3.8, 4) is 5.75 Å². The predicted octanol–water partition coefficient (Wildman–Crippen LogP) is 3.48. The fourth-order valence-corrected chi connectivity index (χ4v) is 3.64. The molecule has 0 saturated carbocycles. The number of fused-ring (bicyclic) bond motifs is 1. The van der Waals surface area contributed by atoms with Gasteiger partial charge in [0.25, 0.3) is 5.91 Å². The number of hydrogen-bond acceptors (Lipinski definition) is 4. The van der Waals surface area contributed by atoms with Crippen LogP contribution in [0.3, 0.4) is 0 Å². The van der Waals surface area contributed by atoms with Crippen LogP contribution in [-0.2, 0) is 0 Å². The molecule has 1 amide bonds. The van der Waals surface area contributed by atoms with Gasteiger partial charge in [-0.2, -0.15) is 5.10 Å². The average Bonchev–Trinajstić information content (AvgIpc) is 3.28. The third-order valence-electron chi connectivity index (χ3n) is 4.57. The van der Waals surface area contributed by atoms with Crippen molar-refractivity contribution in [2.45, 2.75) is 18.9 Å². The molecule has 0 aliphatic carbocycles. The van der Waals surface area contributed by atoms with E-state index in [1.165, 1.54) is 0 Å². The molecule has 1 fully saturated rings. The van der Waals surface area contributed by atoms with E-state index >= 15 is 0 Å². The highest BCUT2D eigenvalue weighted by molar-refractivity contribution is 9.10. The van der Waals surface area contributed by atoms with Crippen molar-refractivity contribution in [2.75, 3.05) is 13.7 Å². The Labute approximate surface area is 153 Å². The Morgan fingerprint density at radius 3 is 2.84 bits per heavy atom. The standard InChI is InChI=1S/C18H17BrN4O2/c1-25-14-6-4-12(5-7-14)16-3-2-8-22(16)18(24)15-10-21-23-11-13(19)9-20-17(15)23/h4-7,9-11,16H,2-3,8H2,1H3/t16-/m0/s1. The molecular weight excluding hydrogens is 384 g/mol. The Balaban J connectivity index is 1.65. The van der Waals surface area contributed by atoms with E-state index in [2.05, 4.69) is 26.0 Å². The number of aromatic nitrogens is 3. The van der Waals surface area contributed by atoms with Gasteiger partial charge in [-0.25, -0.2) is 9.50 Å². The molecule has 4 rings (SSSR count). The molecule has 1 aliphatic rings. The van der Waals surface area contributed by atoms with E-state index in [9.17, 15) is 4.79 Å². The third-order valence-corrected chi connectivity index (χ3v) is 4.98. The van der Waals surface area contributed by atoms with Gasteiger partial charge in [0.1, 0.15) is 11.3 Å². The predicted molar refractivity (Wildman–Crippen MR) is 96.7 cm³/mol. The normalized spacial score (nSPS) is 17.2. The van der Waals surface area contributed by atoms with Gasteiger partial charge in [0.05, 0.1) is 23.8 Å². The van der Waals surface area contributed by atoms with Crippen LogP contribution in [0.15, 0.2) is 47.3 Å². The average molecular weight is 401 g/mol. The Morgan fingerprint density at radius 1 is 1.28 bits per heavy atom. The van der Waals surface area contributed by atoms with Gasteiger partial charge in [0.2, 0.25) is 0 Å². The summed E-state index contributed by atoms with van der Waals surface area (Å²) in [5.74, 6) is 0.792. The summed E-state index contributed by atoms with van der Waals surface area (Å²) in [4.78, 5) is 19.4. The Bertz CT molecular complexity index is 922. The van der Waals surface area contributed by atoms with Gasteiger partial charge in [-0.1, -0.05) is 12.1 Å². The Kier molecular flexibility index (Phi) is 4.17. The molecule has 0 unspecified atom stereocenters. The number of nitrogens with zero attached hydrogens (tertiary/aromatic N) is 4. The number of carbonyl (C=O) groups excluding carboxylic acids is 1. The van der Waals surface area contributed by atoms with Gasteiger partial charge < -0.3 is 9.64 Å². The van der Waals surface area contributed by atoms with Crippen LogP contribution in [0.5, 0.6) is 5.75 Å². The molecule has 0 bridgehead atoms. The molecule has 1 atom stereocenters. The maximum absolute atomic E-state index is 13.1. The maximum atomic E-state index is 13.1. The van der Waals surface area contributed by atoms with Crippen molar-refractivity contribution in [3.05, 3.63) is 58.5 Å². The van der Waals surface area contributed by atoms with Crippen molar-refractivity contribution in [3.63, 3.8) is 0 Å². The minimum Gasteiger partial charge on any atom is -0.497 e. The zero-order valence-electron chi connectivity index (χ0n) is 13.7. The number of methoxy groups -OCH3 is 1. The van der Waals surface area contributed by atoms with Gasteiger partial charge in [0, 0.05) is 18.9 Å². The first kappa shape index (κ1) is 16.1. The fraction of sp³-hybridized carbons (Fsp3) is 0.278. The molecule has 3 aromatic rings. The van der Waals surface area contributed by atoms with Crippen molar-refractivity contribution >= 4 is 27.5 Å². The summed E-state index contributed by atoms with van der Waals surface area (Å²) in [5.41, 5.74) is 2.24. The fourth-order valence-electron chi connectivity index (χ4n) is 3.34. The second kappa shape index (κ2) is 6.48. The number of halogens is 1. The number of carbonyl (C=O) groups is 1. The zero-order chi connectivity index (χ0) is 17.4. The first-order valence-electron chi connectivity index (χ1n) is 8.11. The van der Waals surface area contributed by atoms with Crippen LogP contribution in [0, 0.1) is 0 Å². The van der Waals surface area contributed by atoms with E-state index < -0.39 is 0 Å². The topological polar surface area (TPSA) is 59.7 Å². The molecule has 7 heteroatoms. The second-order valence-electron chi connectivity index (χ2n) is 6.03. The van der Waals surface area contributed by atoms with Gasteiger partial charge in [-0.15, -0.1) is 0 Å². The monoisotopic (exact) mass is 400 g/mol. The molecule has 0 spiro atoms. The number of rotatable bonds is 3. The molecule has 1 aromatic carbocycles. The second-order valence-corrected chi connectivity index (χ2v) is 6.94. The van der Waals surface area contributed by atoms with Crippen LogP contribution >= 0.6 is 15.9 Å². The van der Waals surface area contributed by atoms with Crippen LogP contribution in [0.25, 0.3) is 5.65 Å². The molecule has 25 heavy (non-hydrogen) atoms. The van der Waals surface area contributed by atoms with Crippen LogP contribution in [-0.4, -0.2) is 39.1 Å². The van der Waals surface area contributed by atoms with Crippen molar-refractivity contribution in [1.82, 2.24) is 19.5 Å². The van der Waals surface area contributed by atoms with Crippen molar-refractivity contribution in [1.29, 1.82) is 0 Å². The van der Waals surface area contributed by atoms with Crippen LogP contribution in [0.4, 0.5) is 0 Å². The highest BCUT2D eigenvalue weighted by Crippen LogP contribution is 2.34. The highest BCUT2D eigenvalue weighted by atomic mass is 79.9. The number of likely N-dealkylation sites (tertiary alicyclic amines) is 1. The van der Waals surface area contributed by atoms with E-state index in [1.807, 2.05) is 29.2 Å². The quantitative estimate of drug-likeness (QED) is 0.675. The number of amides is 1. The van der Waals surface area contributed by atoms with E-state index in [-0.39, 0.29) is 11.9 Å². The van der Waals surface area contributed by atoms with Gasteiger partial charge in [0.15, 0.2) is 5.65 Å². The summed E-state index contributed by atoms with van der Waals surface area (Å²) < 4.78 is 7.66. The summed E-state index contributed by atoms with van der Waals surface area (Å²) >= 11 is 3.37. The summed E-state index contributed by atoms with van der Waals surface area (Å²) in [6, 6.07) is 8.00. The van der Waals surface area contributed by atoms with Crippen LogP contribution < -0.4 is 4.74 Å². The van der Waals surface area contributed by atoms with E-state index in [0.717, 1.165) is 35.2 Å². The number of ether oxygens (including phenoxy) is 1. The van der Waals surface area contributed by atoms with Gasteiger partial charge >= 0.3 is 0 Å². The third kappa shape index (κ3) is 2.89. The molecule has 6 nitrogen and oxygen atoms in total. The van der Waals surface area contributed by atoms with Crippen LogP contribution in [0.1, 0.15) is 34.8 Å². The minimum atomic E-state index is -0.0249. The smallest absolute Gasteiger partial charge is 0.259 e. The van der Waals surface area contributed by atoms with Crippen LogP contribution in [0.2, 0.25) is 0 Å². The molecular formula is C18H17BrN4O2. The summed E-state index contributed by atoms with van der Waals surface area (Å²) in [6.07, 6.45) is 7.01. The number of hydrogen-bond donors (Lipinski definition) is 0. The van der Waals surface area contributed by atoms with E-state index in [1.54, 1.807) is 30.2 Å². The maximum Gasteiger partial charge on any atom is 0.259 e. The SMILES string of the molecule is COc1ccc([C@@H]2CCCN2C(=O)c2cnn3cc(Br)cnc23)cc1. The lowest BCUT2D eigenvalue weighted by molar-refractivity contribution is 0.0737. The molecule has 0 N–H and O–H groups in total. The molecule has 2 aromatic heterocycles. The molecule has 1 aliphatic heterocycles. The lowest BCUT2D eigenvalue weighted by atomic mass is 10.0. The lowest BCUT2D eigenvalue weighted by Gasteiger charge is -2.24. The lowest BCUT2D eigenvalue weighted by Crippen LogP contribution is -2.30. The first-order chi connectivity index (χ1) is 12.2. The summed E-state index contributed by atoms with van der Waals surface area (Å²) in [5, 5.41) is 4.25. The highest BCUT2D eigenvalue weighted by Gasteiger charge is 2.32. The first-order valence-corrected chi connectivity index (χ1v) is 8.90. The molecule has 1 saturated heterocycles. The largest absolute Gasteiger partial charge is 0.497 e. The number of benzene rings is 1. The van der Waals surface area contributed by atoms with Crippen molar-refractivity contribution < 1.29 is 9.53 Å². The summed E-state index contributed by atoms with van der Waals surface area (Å²) in [7, 11) is 1.65. The van der Waals surface area contributed by atoms with E-state index in [4.69, 9.17) is 4.74 Å². The Morgan fingerprint density at radius 2 is 2.08 bits per heavy atom. The summed E-state index contributed by atoms with van der Waals surface area (Å²) in [6.45, 7) is 0.739. The molecule has 0 radical (unpaired) electrons. The van der Waals surface area contributed by atoms with Crippen molar-refractivity contribution in [2.24, 2.45) is 0 Å². The molecule has 3 heterocycles. The minimum absolute atomic E-state index is 0.0249. The zero-order valence-corrected chi connectivity index (χ0v) is 15.3. The van der Waals surface area contributed by atoms with E-state index in [0.29, 0.717) is 11.2 Å². The van der Waals surface area contributed by atoms with Gasteiger partial charge in [-0.05, 0) is 46.5 Å². The van der Waals surface area contributed by atoms with Gasteiger partial charge in [-0.3, -0.25) is 4.79 Å². The molecule has 128 valence electrons.